The fourth-order valence-corrected chi connectivity index (χ4v) is 1.36. The molecule has 0 aliphatic heterocycles. The first-order chi connectivity index (χ1) is 6.15. The molecule has 0 atom stereocenters. The standard InChI is InChI=1S/C8H9NO3S/c1-3-12-8(11)7(10)6-4-13-5(2)9-6/h4H,3H2,1-2H3. The lowest BCUT2D eigenvalue weighted by Gasteiger charge is -1.96. The molecule has 0 unspecified atom stereocenters. The number of hydrogen-bond acceptors (Lipinski definition) is 5. The summed E-state index contributed by atoms with van der Waals surface area (Å²) in [7, 11) is 0. The van der Waals surface area contributed by atoms with E-state index in [-0.39, 0.29) is 12.3 Å². The van der Waals surface area contributed by atoms with Crippen LogP contribution in [0.5, 0.6) is 0 Å². The van der Waals surface area contributed by atoms with E-state index >= 15 is 0 Å². The fraction of sp³-hybridized carbons (Fsp3) is 0.375. The third-order valence-corrected chi connectivity index (χ3v) is 2.09. The maximum Gasteiger partial charge on any atom is 0.381 e. The summed E-state index contributed by atoms with van der Waals surface area (Å²) >= 11 is 1.33. The first-order valence-corrected chi connectivity index (χ1v) is 4.66. The van der Waals surface area contributed by atoms with Crippen molar-refractivity contribution in [2.24, 2.45) is 0 Å². The molecule has 13 heavy (non-hydrogen) atoms. The molecular weight excluding hydrogens is 190 g/mol. The van der Waals surface area contributed by atoms with Gasteiger partial charge in [0.1, 0.15) is 5.69 Å². The molecule has 0 aliphatic rings. The van der Waals surface area contributed by atoms with Gasteiger partial charge in [-0.05, 0) is 13.8 Å². The van der Waals surface area contributed by atoms with Gasteiger partial charge in [0, 0.05) is 5.38 Å². The van der Waals surface area contributed by atoms with Gasteiger partial charge in [-0.1, -0.05) is 0 Å². The van der Waals surface area contributed by atoms with Gasteiger partial charge in [-0.15, -0.1) is 11.3 Å². The zero-order valence-corrected chi connectivity index (χ0v) is 8.18. The van der Waals surface area contributed by atoms with Gasteiger partial charge >= 0.3 is 5.97 Å². The van der Waals surface area contributed by atoms with Crippen LogP contribution in [0.15, 0.2) is 5.38 Å². The summed E-state index contributed by atoms with van der Waals surface area (Å²) in [6.07, 6.45) is 0. The monoisotopic (exact) mass is 199 g/mol. The van der Waals surface area contributed by atoms with Crippen LogP contribution >= 0.6 is 11.3 Å². The number of Topliss-reactive ketones (excluding diaryl/α,β-unsaturated/α-hetero) is 1. The predicted octanol–water partition coefficient (Wildman–Crippen LogP) is 1.20. The molecule has 0 radical (unpaired) electrons. The van der Waals surface area contributed by atoms with Gasteiger partial charge in [-0.2, -0.15) is 0 Å². The highest BCUT2D eigenvalue weighted by molar-refractivity contribution is 7.09. The van der Waals surface area contributed by atoms with E-state index in [9.17, 15) is 9.59 Å². The summed E-state index contributed by atoms with van der Waals surface area (Å²) in [6, 6.07) is 0. The Morgan fingerprint density at radius 2 is 2.31 bits per heavy atom. The Morgan fingerprint density at radius 3 is 2.77 bits per heavy atom. The number of esters is 1. The summed E-state index contributed by atoms with van der Waals surface area (Å²) in [5.41, 5.74) is 0.168. The average molecular weight is 199 g/mol. The van der Waals surface area contributed by atoms with E-state index in [1.54, 1.807) is 19.2 Å². The number of rotatable bonds is 3. The Bertz CT molecular complexity index is 332. The second-order valence-electron chi connectivity index (χ2n) is 2.30. The molecule has 1 aromatic heterocycles. The van der Waals surface area contributed by atoms with E-state index in [0.717, 1.165) is 5.01 Å². The largest absolute Gasteiger partial charge is 0.460 e. The highest BCUT2D eigenvalue weighted by Gasteiger charge is 2.19. The van der Waals surface area contributed by atoms with Gasteiger partial charge in [0.15, 0.2) is 0 Å². The first kappa shape index (κ1) is 9.85. The van der Waals surface area contributed by atoms with Crippen LogP contribution < -0.4 is 0 Å². The van der Waals surface area contributed by atoms with Crippen LogP contribution in [-0.4, -0.2) is 23.3 Å². The van der Waals surface area contributed by atoms with Crippen molar-refractivity contribution >= 4 is 23.1 Å². The zero-order valence-electron chi connectivity index (χ0n) is 7.36. The normalized spacial score (nSPS) is 9.69. The highest BCUT2D eigenvalue weighted by Crippen LogP contribution is 2.08. The second-order valence-corrected chi connectivity index (χ2v) is 3.36. The molecule has 0 aromatic carbocycles. The van der Waals surface area contributed by atoms with Crippen molar-refractivity contribution in [1.29, 1.82) is 0 Å². The van der Waals surface area contributed by atoms with E-state index in [1.165, 1.54) is 11.3 Å². The van der Waals surface area contributed by atoms with Crippen LogP contribution in [0.2, 0.25) is 0 Å². The molecule has 0 fully saturated rings. The van der Waals surface area contributed by atoms with Crippen LogP contribution in [0.25, 0.3) is 0 Å². The van der Waals surface area contributed by atoms with E-state index in [1.807, 2.05) is 0 Å². The Hall–Kier alpha value is -1.23. The molecule has 5 heteroatoms. The number of ether oxygens (including phenoxy) is 1. The smallest absolute Gasteiger partial charge is 0.381 e. The number of nitrogens with zero attached hydrogens (tertiary/aromatic N) is 1. The Morgan fingerprint density at radius 1 is 1.62 bits per heavy atom. The number of thiazole rings is 1. The lowest BCUT2D eigenvalue weighted by molar-refractivity contribution is -0.137. The van der Waals surface area contributed by atoms with Crippen molar-refractivity contribution in [2.45, 2.75) is 13.8 Å². The number of carbonyl (C=O) groups excluding carboxylic acids is 2. The number of ketones is 1. The maximum atomic E-state index is 11.2. The molecule has 0 spiro atoms. The first-order valence-electron chi connectivity index (χ1n) is 3.78. The number of hydrogen-bond donors (Lipinski definition) is 0. The van der Waals surface area contributed by atoms with Gasteiger partial charge in [0.05, 0.1) is 11.6 Å². The summed E-state index contributed by atoms with van der Waals surface area (Å²) < 4.78 is 4.54. The lowest BCUT2D eigenvalue weighted by Crippen LogP contribution is -2.17. The quantitative estimate of drug-likeness (QED) is 0.417. The van der Waals surface area contributed by atoms with Crippen LogP contribution in [0.4, 0.5) is 0 Å². The molecule has 1 heterocycles. The molecule has 0 bridgehead atoms. The van der Waals surface area contributed by atoms with E-state index in [0.29, 0.717) is 0 Å². The van der Waals surface area contributed by atoms with Crippen molar-refractivity contribution < 1.29 is 14.3 Å². The highest BCUT2D eigenvalue weighted by atomic mass is 32.1. The fourth-order valence-electron chi connectivity index (χ4n) is 0.769. The van der Waals surface area contributed by atoms with Gasteiger partial charge in [-0.3, -0.25) is 4.79 Å². The number of carbonyl (C=O) groups is 2. The van der Waals surface area contributed by atoms with Gasteiger partial charge in [-0.25, -0.2) is 9.78 Å². The SMILES string of the molecule is CCOC(=O)C(=O)c1csc(C)n1. The van der Waals surface area contributed by atoms with Crippen molar-refractivity contribution in [3.8, 4) is 0 Å². The average Bonchev–Trinajstić information content (AvgIpc) is 2.51. The zero-order chi connectivity index (χ0) is 9.84. The Kier molecular flexibility index (Phi) is 3.13. The van der Waals surface area contributed by atoms with Gasteiger partial charge in [0.2, 0.25) is 0 Å². The molecule has 70 valence electrons. The maximum absolute atomic E-state index is 11.2. The minimum atomic E-state index is -0.840. The number of aryl methyl sites for hydroxylation is 1. The molecule has 0 saturated carbocycles. The van der Waals surface area contributed by atoms with E-state index in [2.05, 4.69) is 9.72 Å². The third-order valence-electron chi connectivity index (χ3n) is 1.31. The molecule has 1 rings (SSSR count). The summed E-state index contributed by atoms with van der Waals surface area (Å²) in [5.74, 6) is -1.51. The molecule has 4 nitrogen and oxygen atoms in total. The van der Waals surface area contributed by atoms with Gasteiger partial charge in [0.25, 0.3) is 5.78 Å². The van der Waals surface area contributed by atoms with Crippen molar-refractivity contribution in [3.63, 3.8) is 0 Å². The lowest BCUT2D eigenvalue weighted by atomic mass is 10.3. The molecule has 0 aliphatic carbocycles. The van der Waals surface area contributed by atoms with Crippen molar-refractivity contribution in [2.75, 3.05) is 6.61 Å². The van der Waals surface area contributed by atoms with E-state index in [4.69, 9.17) is 0 Å². The van der Waals surface area contributed by atoms with Gasteiger partial charge < -0.3 is 4.74 Å². The third kappa shape index (κ3) is 2.35. The second kappa shape index (κ2) is 4.13. The Balaban J connectivity index is 2.73. The molecule has 0 amide bonds. The van der Waals surface area contributed by atoms with Crippen LogP contribution in [0.3, 0.4) is 0 Å². The topological polar surface area (TPSA) is 56.3 Å². The summed E-state index contributed by atoms with van der Waals surface area (Å²) in [5, 5.41) is 2.31. The van der Waals surface area contributed by atoms with Crippen LogP contribution in [0.1, 0.15) is 22.4 Å². The van der Waals surface area contributed by atoms with E-state index < -0.39 is 11.8 Å². The minimum Gasteiger partial charge on any atom is -0.460 e. The predicted molar refractivity (Wildman–Crippen MR) is 47.8 cm³/mol. The molecular formula is C8H9NO3S. The number of aromatic nitrogens is 1. The van der Waals surface area contributed by atoms with Crippen LogP contribution in [-0.2, 0) is 9.53 Å². The molecule has 0 saturated heterocycles. The summed E-state index contributed by atoms with van der Waals surface area (Å²) in [4.78, 5) is 26.0. The molecule has 0 N–H and O–H groups in total. The van der Waals surface area contributed by atoms with Crippen molar-refractivity contribution in [3.05, 3.63) is 16.1 Å². The van der Waals surface area contributed by atoms with Crippen LogP contribution in [0, 0.1) is 6.92 Å². The molecule has 1 aromatic rings. The summed E-state index contributed by atoms with van der Waals surface area (Å²) in [6.45, 7) is 3.62. The minimum absolute atomic E-state index is 0.168. The van der Waals surface area contributed by atoms with Crippen molar-refractivity contribution in [1.82, 2.24) is 4.98 Å². The Labute approximate surface area is 79.6 Å².